The molecule has 1 atom stereocenters. The van der Waals surface area contributed by atoms with Gasteiger partial charge in [0.25, 0.3) is 0 Å². The van der Waals surface area contributed by atoms with Crippen LogP contribution in [0, 0.1) is 0 Å². The normalized spacial score (nSPS) is 14.8. The number of benzene rings is 1. The zero-order valence-corrected chi connectivity index (χ0v) is 13.3. The first-order chi connectivity index (χ1) is 9.12. The maximum atomic E-state index is 12.2. The van der Waals surface area contributed by atoms with Crippen molar-refractivity contribution in [3.8, 4) is 0 Å². The van der Waals surface area contributed by atoms with Crippen LogP contribution in [0.1, 0.15) is 26.7 Å². The highest BCUT2D eigenvalue weighted by molar-refractivity contribution is 7.89. The van der Waals surface area contributed by atoms with Crippen molar-refractivity contribution >= 4 is 39.2 Å². The van der Waals surface area contributed by atoms with E-state index >= 15 is 0 Å². The van der Waals surface area contributed by atoms with Crippen LogP contribution in [-0.2, 0) is 14.8 Å². The lowest BCUT2D eigenvalue weighted by Crippen LogP contribution is -2.51. The van der Waals surface area contributed by atoms with E-state index in [1.807, 2.05) is 0 Å². The number of nitrogens with one attached hydrogen (secondary N) is 1. The Balaban J connectivity index is 3.16. The van der Waals surface area contributed by atoms with E-state index in [4.69, 9.17) is 23.2 Å². The zero-order valence-electron chi connectivity index (χ0n) is 11.0. The maximum absolute atomic E-state index is 12.2. The highest BCUT2D eigenvalue weighted by Crippen LogP contribution is 2.26. The van der Waals surface area contributed by atoms with Gasteiger partial charge in [0.2, 0.25) is 10.0 Å². The minimum Gasteiger partial charge on any atom is -0.480 e. The number of hydrogen-bond donors (Lipinski definition) is 2. The van der Waals surface area contributed by atoms with Gasteiger partial charge in [-0.1, -0.05) is 36.5 Å². The molecule has 0 spiro atoms. The van der Waals surface area contributed by atoms with Crippen molar-refractivity contribution in [2.75, 3.05) is 0 Å². The molecule has 0 bridgehead atoms. The number of aliphatic carboxylic acids is 1. The fourth-order valence-corrected chi connectivity index (χ4v) is 3.48. The second-order valence-corrected chi connectivity index (χ2v) is 7.07. The summed E-state index contributed by atoms with van der Waals surface area (Å²) in [4.78, 5) is 11.1. The summed E-state index contributed by atoms with van der Waals surface area (Å²) in [6, 6.07) is 3.79. The first-order valence-electron chi connectivity index (χ1n) is 5.85. The Bertz CT molecular complexity index is 618. The molecule has 20 heavy (non-hydrogen) atoms. The van der Waals surface area contributed by atoms with Gasteiger partial charge in [-0.3, -0.25) is 4.79 Å². The summed E-state index contributed by atoms with van der Waals surface area (Å²) in [7, 11) is -4.00. The SMILES string of the molecule is CCCC(C)(NS(=O)(=O)c1ccc(Cl)c(Cl)c1)C(=O)O. The first-order valence-corrected chi connectivity index (χ1v) is 8.09. The van der Waals surface area contributed by atoms with Gasteiger partial charge >= 0.3 is 5.97 Å². The molecule has 0 radical (unpaired) electrons. The third-order valence-electron chi connectivity index (χ3n) is 2.78. The minimum absolute atomic E-state index is 0.0852. The number of halogens is 2. The van der Waals surface area contributed by atoms with Gasteiger partial charge in [-0.05, 0) is 31.5 Å². The molecular formula is C12H15Cl2NO4S. The topological polar surface area (TPSA) is 83.5 Å². The van der Waals surface area contributed by atoms with Gasteiger partial charge < -0.3 is 5.11 Å². The van der Waals surface area contributed by atoms with Gasteiger partial charge in [-0.25, -0.2) is 8.42 Å². The van der Waals surface area contributed by atoms with Crippen molar-refractivity contribution in [3.63, 3.8) is 0 Å². The Hall–Kier alpha value is -0.820. The largest absolute Gasteiger partial charge is 0.480 e. The van der Waals surface area contributed by atoms with Crippen LogP contribution in [0.3, 0.4) is 0 Å². The van der Waals surface area contributed by atoms with Gasteiger partial charge in [0.1, 0.15) is 5.54 Å². The Morgan fingerprint density at radius 2 is 1.95 bits per heavy atom. The van der Waals surface area contributed by atoms with Gasteiger partial charge in [0.05, 0.1) is 14.9 Å². The lowest BCUT2D eigenvalue weighted by atomic mass is 9.98. The van der Waals surface area contributed by atoms with E-state index in [-0.39, 0.29) is 21.4 Å². The number of rotatable bonds is 6. The number of carboxylic acid groups (broad SMARTS) is 1. The van der Waals surface area contributed by atoms with Crippen LogP contribution in [-0.4, -0.2) is 25.0 Å². The predicted octanol–water partition coefficient (Wildman–Crippen LogP) is 2.92. The average Bonchev–Trinajstić information content (AvgIpc) is 2.31. The molecular weight excluding hydrogens is 325 g/mol. The molecule has 1 aromatic carbocycles. The van der Waals surface area contributed by atoms with Crippen LogP contribution in [0.5, 0.6) is 0 Å². The van der Waals surface area contributed by atoms with Crippen LogP contribution in [0.4, 0.5) is 0 Å². The van der Waals surface area contributed by atoms with Crippen LogP contribution in [0.2, 0.25) is 10.0 Å². The molecule has 0 saturated heterocycles. The van der Waals surface area contributed by atoms with Crippen molar-refractivity contribution in [2.45, 2.75) is 37.1 Å². The lowest BCUT2D eigenvalue weighted by molar-refractivity contribution is -0.143. The summed E-state index contributed by atoms with van der Waals surface area (Å²) in [6.07, 6.45) is 0.690. The number of carboxylic acids is 1. The lowest BCUT2D eigenvalue weighted by Gasteiger charge is -2.25. The highest BCUT2D eigenvalue weighted by atomic mass is 35.5. The van der Waals surface area contributed by atoms with E-state index in [0.717, 1.165) is 0 Å². The summed E-state index contributed by atoms with van der Waals surface area (Å²) in [6.45, 7) is 3.10. The molecule has 0 saturated carbocycles. The number of carbonyl (C=O) groups is 1. The molecule has 1 rings (SSSR count). The third kappa shape index (κ3) is 3.85. The molecule has 8 heteroatoms. The van der Waals surface area contributed by atoms with E-state index in [2.05, 4.69) is 4.72 Å². The summed E-state index contributed by atoms with van der Waals surface area (Å²) in [5.41, 5.74) is -1.57. The van der Waals surface area contributed by atoms with Gasteiger partial charge in [0.15, 0.2) is 0 Å². The van der Waals surface area contributed by atoms with E-state index in [1.165, 1.54) is 25.1 Å². The molecule has 0 fully saturated rings. The van der Waals surface area contributed by atoms with Gasteiger partial charge in [-0.15, -0.1) is 0 Å². The molecule has 0 aromatic heterocycles. The van der Waals surface area contributed by atoms with Crippen molar-refractivity contribution in [1.29, 1.82) is 0 Å². The second kappa shape index (κ2) is 6.30. The molecule has 112 valence electrons. The van der Waals surface area contributed by atoms with Crippen molar-refractivity contribution in [3.05, 3.63) is 28.2 Å². The fourth-order valence-electron chi connectivity index (χ4n) is 1.70. The van der Waals surface area contributed by atoms with E-state index in [9.17, 15) is 18.3 Å². The summed E-state index contributed by atoms with van der Waals surface area (Å²) in [5.74, 6) is -1.23. The summed E-state index contributed by atoms with van der Waals surface area (Å²) >= 11 is 11.5. The smallest absolute Gasteiger partial charge is 0.324 e. The zero-order chi connectivity index (χ0) is 15.6. The Labute approximate surface area is 127 Å². The molecule has 1 aromatic rings. The molecule has 0 aliphatic heterocycles. The fraction of sp³-hybridized carbons (Fsp3) is 0.417. The molecule has 5 nitrogen and oxygen atoms in total. The Morgan fingerprint density at radius 3 is 2.40 bits per heavy atom. The van der Waals surface area contributed by atoms with Crippen molar-refractivity contribution in [2.24, 2.45) is 0 Å². The third-order valence-corrected chi connectivity index (χ3v) is 5.12. The molecule has 0 amide bonds. The van der Waals surface area contributed by atoms with E-state index in [1.54, 1.807) is 6.92 Å². The number of sulfonamides is 1. The Morgan fingerprint density at radius 1 is 1.35 bits per heavy atom. The monoisotopic (exact) mass is 339 g/mol. The quantitative estimate of drug-likeness (QED) is 0.834. The summed E-state index contributed by atoms with van der Waals surface area (Å²) in [5, 5.41) is 9.51. The van der Waals surface area contributed by atoms with Gasteiger partial charge in [-0.2, -0.15) is 4.72 Å². The minimum atomic E-state index is -4.00. The Kier molecular flexibility index (Phi) is 5.43. The predicted molar refractivity (Wildman–Crippen MR) is 77.7 cm³/mol. The van der Waals surface area contributed by atoms with Crippen LogP contribution in [0.25, 0.3) is 0 Å². The van der Waals surface area contributed by atoms with Crippen molar-refractivity contribution < 1.29 is 18.3 Å². The molecule has 0 heterocycles. The molecule has 2 N–H and O–H groups in total. The molecule has 0 aliphatic rings. The first kappa shape index (κ1) is 17.2. The standard InChI is InChI=1S/C12H15Cl2NO4S/c1-3-6-12(2,11(16)17)15-20(18,19)8-4-5-9(13)10(14)7-8/h4-5,7,15H,3,6H2,1-2H3,(H,16,17). The van der Waals surface area contributed by atoms with Crippen LogP contribution in [0.15, 0.2) is 23.1 Å². The molecule has 0 aliphatic carbocycles. The summed E-state index contributed by atoms with van der Waals surface area (Å²) < 4.78 is 26.6. The van der Waals surface area contributed by atoms with Crippen LogP contribution < -0.4 is 4.72 Å². The molecule has 1 unspecified atom stereocenters. The van der Waals surface area contributed by atoms with E-state index < -0.39 is 21.5 Å². The maximum Gasteiger partial charge on any atom is 0.324 e. The van der Waals surface area contributed by atoms with Crippen molar-refractivity contribution in [1.82, 2.24) is 4.72 Å². The average molecular weight is 340 g/mol. The van der Waals surface area contributed by atoms with Gasteiger partial charge in [0, 0.05) is 0 Å². The second-order valence-electron chi connectivity index (χ2n) is 4.57. The number of hydrogen-bond acceptors (Lipinski definition) is 3. The van der Waals surface area contributed by atoms with Crippen LogP contribution >= 0.6 is 23.2 Å². The van der Waals surface area contributed by atoms with E-state index in [0.29, 0.717) is 6.42 Å². The highest BCUT2D eigenvalue weighted by Gasteiger charge is 2.37.